The molecule has 0 aromatic heterocycles. The molecule has 0 saturated heterocycles. The summed E-state index contributed by atoms with van der Waals surface area (Å²) >= 11 is 0. The lowest BCUT2D eigenvalue weighted by molar-refractivity contribution is -0.385. The number of rotatable bonds is 25. The topological polar surface area (TPSA) is 176 Å². The van der Waals surface area contributed by atoms with Gasteiger partial charge in [0.15, 0.2) is 0 Å². The van der Waals surface area contributed by atoms with E-state index < -0.39 is 94.9 Å². The van der Waals surface area contributed by atoms with Crippen LogP contribution >= 0.6 is 0 Å². The van der Waals surface area contributed by atoms with Gasteiger partial charge in [0, 0.05) is 60.4 Å². The summed E-state index contributed by atoms with van der Waals surface area (Å²) in [6, 6.07) is 25.8. The third-order valence-corrected chi connectivity index (χ3v) is 10.8. The van der Waals surface area contributed by atoms with Crippen LogP contribution in [-0.2, 0) is 44.5 Å². The van der Waals surface area contributed by atoms with Crippen molar-refractivity contribution in [2.45, 2.75) is 63.5 Å². The Balaban J connectivity index is 1.05. The van der Waals surface area contributed by atoms with Crippen molar-refractivity contribution in [3.63, 3.8) is 0 Å². The number of nitrogens with zero attached hydrogens (tertiary/aromatic N) is 2. The highest BCUT2D eigenvalue weighted by molar-refractivity contribution is 5.88. The van der Waals surface area contributed by atoms with Gasteiger partial charge in [-0.05, 0) is 132 Å². The first-order valence-electron chi connectivity index (χ1n) is 23.0. The molecule has 0 aliphatic heterocycles. The molecule has 0 aliphatic rings. The predicted molar refractivity (Wildman–Crippen MR) is 259 cm³/mol. The Kier molecular flexibility index (Phi) is 19.2. The van der Waals surface area contributed by atoms with Crippen LogP contribution in [0.15, 0.2) is 146 Å². The fourth-order valence-electron chi connectivity index (χ4n) is 7.00. The fourth-order valence-corrected chi connectivity index (χ4v) is 7.00. The number of alkyl halides is 10. The molecule has 410 valence electrons. The zero-order valence-electron chi connectivity index (χ0n) is 40.2. The summed E-state index contributed by atoms with van der Waals surface area (Å²) < 4.78 is 165. The average Bonchev–Trinajstić information content (AvgIpc) is 3.39. The maximum atomic E-state index is 15.0. The fraction of sp³-hybridized carbons (Fsp3) is 0.222. The van der Waals surface area contributed by atoms with Crippen LogP contribution in [0.3, 0.4) is 0 Å². The van der Waals surface area contributed by atoms with Crippen LogP contribution < -0.4 is 18.9 Å². The number of hydrogen-bond donors (Lipinski definition) is 0. The van der Waals surface area contributed by atoms with E-state index in [1.807, 2.05) is 0 Å². The number of non-ortho nitro benzene ring substituents is 2. The van der Waals surface area contributed by atoms with Gasteiger partial charge in [0.2, 0.25) is 0 Å². The Morgan fingerprint density at radius 1 is 0.462 bits per heavy atom. The van der Waals surface area contributed by atoms with E-state index >= 15 is 0 Å². The van der Waals surface area contributed by atoms with Crippen molar-refractivity contribution in [3.8, 4) is 34.1 Å². The van der Waals surface area contributed by atoms with Crippen molar-refractivity contribution in [3.05, 3.63) is 199 Å². The first kappa shape index (κ1) is 58.3. The summed E-state index contributed by atoms with van der Waals surface area (Å²) in [7, 11) is 0. The normalized spacial score (nSPS) is 12.1. The van der Waals surface area contributed by atoms with E-state index in [0.717, 1.165) is 84.9 Å². The second-order valence-electron chi connectivity index (χ2n) is 16.6. The predicted octanol–water partition coefficient (Wildman–Crippen LogP) is 14.4. The molecule has 0 heterocycles. The minimum absolute atomic E-state index is 0.0619. The second kappa shape index (κ2) is 25.7. The Morgan fingerprint density at radius 2 is 0.795 bits per heavy atom. The highest BCUT2D eigenvalue weighted by atomic mass is 19.4. The lowest BCUT2D eigenvalue weighted by atomic mass is 9.95. The number of benzene rings is 6. The summed E-state index contributed by atoms with van der Waals surface area (Å²) in [6.07, 6.45) is -14.6. The number of carbonyl (C=O) groups excluding carboxylic acids is 2. The molecule has 0 spiro atoms. The van der Waals surface area contributed by atoms with Gasteiger partial charge in [0.1, 0.15) is 36.2 Å². The summed E-state index contributed by atoms with van der Waals surface area (Å²) in [4.78, 5) is 47.9. The van der Waals surface area contributed by atoms with E-state index in [1.165, 1.54) is 72.8 Å². The van der Waals surface area contributed by atoms with Gasteiger partial charge < -0.3 is 28.4 Å². The molecular formula is C54H42F10N2O12. The molecule has 6 rings (SSSR count). The quantitative estimate of drug-likeness (QED) is 0.0133. The molecule has 6 aromatic rings. The molecule has 0 saturated carbocycles. The number of ether oxygens (including phenoxy) is 6. The van der Waals surface area contributed by atoms with Crippen molar-refractivity contribution >= 4 is 35.5 Å². The highest BCUT2D eigenvalue weighted by Crippen LogP contribution is 2.36. The van der Waals surface area contributed by atoms with Crippen LogP contribution in [0.25, 0.3) is 23.3 Å². The van der Waals surface area contributed by atoms with E-state index in [9.17, 15) is 73.7 Å². The van der Waals surface area contributed by atoms with Gasteiger partial charge >= 0.3 is 36.5 Å². The van der Waals surface area contributed by atoms with E-state index in [1.54, 1.807) is 0 Å². The molecule has 0 unspecified atom stereocenters. The van der Waals surface area contributed by atoms with Crippen LogP contribution in [0.2, 0.25) is 0 Å². The van der Waals surface area contributed by atoms with Crippen LogP contribution in [0.5, 0.6) is 23.0 Å². The summed E-state index contributed by atoms with van der Waals surface area (Å²) in [5, 5.41) is 23.5. The van der Waals surface area contributed by atoms with Crippen LogP contribution in [-0.4, -0.2) is 47.4 Å². The van der Waals surface area contributed by atoms with E-state index in [-0.39, 0.29) is 71.3 Å². The van der Waals surface area contributed by atoms with Crippen LogP contribution in [0.4, 0.5) is 55.3 Å². The Labute approximate surface area is 436 Å². The first-order valence-corrected chi connectivity index (χ1v) is 23.0. The zero-order valence-corrected chi connectivity index (χ0v) is 40.2. The second-order valence-corrected chi connectivity index (χ2v) is 16.6. The van der Waals surface area contributed by atoms with Gasteiger partial charge in [0.25, 0.3) is 11.4 Å². The average molecular weight is 1100 g/mol. The molecule has 0 atom stereocenters. The SMILES string of the molecule is O=C(/C=C/c1ccc(OC(F)(F)c2ccc(OCCCC(F)(F)F)cc2)cc1)OCc1cc([N+](=O)[O-])ccc1-c1ccc([N+](=O)[O-])cc1COC(=O)/C=C/c1ccc(OC(F)(F)c2ccc(OCCCC(F)(F)F)cc2)cc1. The smallest absolute Gasteiger partial charge is 0.426 e. The zero-order chi connectivity index (χ0) is 56.7. The maximum absolute atomic E-state index is 15.0. The number of hydrogen-bond acceptors (Lipinski definition) is 12. The van der Waals surface area contributed by atoms with Gasteiger partial charge in [-0.15, -0.1) is 0 Å². The molecule has 6 aromatic carbocycles. The number of carbonyl (C=O) groups is 2. The van der Waals surface area contributed by atoms with Crippen molar-refractivity contribution in [1.29, 1.82) is 0 Å². The molecular weight excluding hydrogens is 1060 g/mol. The van der Waals surface area contributed by atoms with Crippen molar-refractivity contribution < 1.29 is 91.8 Å². The Hall–Kier alpha value is -8.96. The maximum Gasteiger partial charge on any atom is 0.426 e. The van der Waals surface area contributed by atoms with E-state index in [2.05, 4.69) is 0 Å². The number of nitro benzene ring substituents is 2. The Morgan fingerprint density at radius 3 is 1.12 bits per heavy atom. The summed E-state index contributed by atoms with van der Waals surface area (Å²) in [6.45, 7) is -1.69. The molecule has 0 N–H and O–H groups in total. The van der Waals surface area contributed by atoms with Gasteiger partial charge in [-0.1, -0.05) is 24.3 Å². The number of nitro groups is 2. The van der Waals surface area contributed by atoms with Crippen molar-refractivity contribution in [2.75, 3.05) is 13.2 Å². The standard InChI is InChI=1S/C54H42F10N2O12/c55-51(56,57)27-1-29-73-43-19-9-39(10-20-43)53(61,62)77-45-15-3-35(4-16-45)7-25-49(67)75-33-37-31-41(65(69)70)13-23-47(37)48-24-14-42(66(71)72)32-38(48)34-76-50(68)26-8-36-5-17-46(18-6-36)78-54(63,64)40-11-21-44(22-12-40)74-30-2-28-52(58,59)60/h3-26,31-32H,1-2,27-30,33-34H2/b25-7+,26-8+. The third kappa shape index (κ3) is 18.1. The monoisotopic (exact) mass is 1100 g/mol. The van der Waals surface area contributed by atoms with Gasteiger partial charge in [-0.25, -0.2) is 9.59 Å². The van der Waals surface area contributed by atoms with E-state index in [4.69, 9.17) is 28.4 Å². The van der Waals surface area contributed by atoms with Crippen LogP contribution in [0, 0.1) is 20.2 Å². The van der Waals surface area contributed by atoms with Crippen molar-refractivity contribution in [2.24, 2.45) is 0 Å². The van der Waals surface area contributed by atoms with Gasteiger partial charge in [-0.2, -0.15) is 43.9 Å². The molecule has 78 heavy (non-hydrogen) atoms. The lowest BCUT2D eigenvalue weighted by Crippen LogP contribution is -2.21. The van der Waals surface area contributed by atoms with Gasteiger partial charge in [0.05, 0.1) is 34.2 Å². The highest BCUT2D eigenvalue weighted by Gasteiger charge is 2.36. The Bertz CT molecular complexity index is 2890. The summed E-state index contributed by atoms with van der Waals surface area (Å²) in [5.74, 6) is -2.27. The molecule has 0 fully saturated rings. The molecule has 0 bridgehead atoms. The number of esters is 2. The third-order valence-electron chi connectivity index (χ3n) is 10.8. The number of halogens is 10. The lowest BCUT2D eigenvalue weighted by Gasteiger charge is -2.18. The largest absolute Gasteiger partial charge is 0.494 e. The molecule has 24 heteroatoms. The molecule has 0 amide bonds. The van der Waals surface area contributed by atoms with E-state index in [0.29, 0.717) is 11.1 Å². The summed E-state index contributed by atoms with van der Waals surface area (Å²) in [5.41, 5.74) is -0.785. The van der Waals surface area contributed by atoms with Gasteiger partial charge in [-0.3, -0.25) is 20.2 Å². The minimum atomic E-state index is -4.35. The molecule has 0 radical (unpaired) electrons. The van der Waals surface area contributed by atoms with Crippen molar-refractivity contribution in [1.82, 2.24) is 0 Å². The minimum Gasteiger partial charge on any atom is -0.494 e. The molecule has 14 nitrogen and oxygen atoms in total. The van der Waals surface area contributed by atoms with Crippen LogP contribution in [0.1, 0.15) is 59.1 Å². The molecule has 0 aliphatic carbocycles. The first-order chi connectivity index (χ1) is 36.8.